The van der Waals surface area contributed by atoms with E-state index in [4.69, 9.17) is 14.2 Å². The maximum Gasteiger partial charge on any atom is 0.321 e. The number of nitrogens with one attached hydrogen (secondary N) is 2. The number of urea groups is 1. The lowest BCUT2D eigenvalue weighted by atomic mass is 10.0. The van der Waals surface area contributed by atoms with E-state index < -0.39 is 0 Å². The SMILES string of the molecule is CCOC(=O)[C@H]1CCC[C@H]1NC(=O)Nc1nc2c(s1)CN(c1cc(OC)nc(OC)n1)CC2. The molecule has 0 saturated heterocycles. The minimum Gasteiger partial charge on any atom is -0.481 e. The number of carbonyl (C=O) groups is 2. The molecule has 178 valence electrons. The molecule has 1 aliphatic carbocycles. The fourth-order valence-corrected chi connectivity index (χ4v) is 5.18. The fraction of sp³-hybridized carbons (Fsp3) is 0.571. The maximum absolute atomic E-state index is 12.6. The van der Waals surface area contributed by atoms with Crippen molar-refractivity contribution in [3.05, 3.63) is 16.6 Å². The third kappa shape index (κ3) is 5.27. The summed E-state index contributed by atoms with van der Waals surface area (Å²) in [6, 6.07) is 1.43. The molecule has 33 heavy (non-hydrogen) atoms. The second kappa shape index (κ2) is 10.2. The first-order valence-electron chi connectivity index (χ1n) is 11.0. The van der Waals surface area contributed by atoms with Crippen molar-refractivity contribution in [3.8, 4) is 11.9 Å². The molecule has 3 heterocycles. The number of rotatable bonds is 7. The van der Waals surface area contributed by atoms with Gasteiger partial charge >= 0.3 is 18.0 Å². The molecule has 0 spiro atoms. The van der Waals surface area contributed by atoms with Gasteiger partial charge in [-0.15, -0.1) is 0 Å². The molecule has 2 aliphatic rings. The number of aromatic nitrogens is 3. The van der Waals surface area contributed by atoms with E-state index in [-0.39, 0.29) is 30.0 Å². The second-order valence-electron chi connectivity index (χ2n) is 7.81. The second-order valence-corrected chi connectivity index (χ2v) is 8.89. The van der Waals surface area contributed by atoms with E-state index in [0.29, 0.717) is 30.0 Å². The Kier molecular flexibility index (Phi) is 7.11. The summed E-state index contributed by atoms with van der Waals surface area (Å²) >= 11 is 1.43. The minimum atomic E-state index is -0.357. The molecular weight excluding hydrogens is 448 g/mol. The van der Waals surface area contributed by atoms with E-state index in [1.807, 2.05) is 0 Å². The molecule has 1 saturated carbocycles. The zero-order valence-corrected chi connectivity index (χ0v) is 19.7. The van der Waals surface area contributed by atoms with E-state index in [9.17, 15) is 9.59 Å². The number of ether oxygens (including phenoxy) is 3. The van der Waals surface area contributed by atoms with Gasteiger partial charge in [0.15, 0.2) is 5.13 Å². The molecule has 0 radical (unpaired) electrons. The number of hydrogen-bond acceptors (Lipinski definition) is 10. The number of esters is 1. The molecule has 2 aromatic rings. The number of amides is 2. The van der Waals surface area contributed by atoms with Gasteiger partial charge in [0.25, 0.3) is 0 Å². The Morgan fingerprint density at radius 2 is 2.06 bits per heavy atom. The molecule has 4 rings (SSSR count). The third-order valence-corrected chi connectivity index (χ3v) is 6.76. The zero-order valence-electron chi connectivity index (χ0n) is 18.9. The van der Waals surface area contributed by atoms with E-state index >= 15 is 0 Å². The number of anilines is 2. The molecule has 0 aromatic carbocycles. The molecule has 2 aromatic heterocycles. The average Bonchev–Trinajstić information content (AvgIpc) is 3.44. The van der Waals surface area contributed by atoms with Crippen molar-refractivity contribution in [1.29, 1.82) is 0 Å². The van der Waals surface area contributed by atoms with E-state index in [1.165, 1.54) is 18.4 Å². The summed E-state index contributed by atoms with van der Waals surface area (Å²) in [6.07, 6.45) is 3.08. The quantitative estimate of drug-likeness (QED) is 0.579. The number of nitrogens with zero attached hydrogens (tertiary/aromatic N) is 4. The van der Waals surface area contributed by atoms with Gasteiger partial charge in [0, 0.05) is 30.0 Å². The Bertz CT molecular complexity index is 993. The number of thiazole rings is 1. The van der Waals surface area contributed by atoms with Crippen molar-refractivity contribution in [2.45, 2.75) is 45.2 Å². The van der Waals surface area contributed by atoms with Crippen LogP contribution in [0.15, 0.2) is 6.07 Å². The molecule has 1 fully saturated rings. The highest BCUT2D eigenvalue weighted by Crippen LogP contribution is 2.32. The lowest BCUT2D eigenvalue weighted by Gasteiger charge is -2.27. The number of fused-ring (bicyclic) bond motifs is 1. The first-order valence-corrected chi connectivity index (χ1v) is 11.8. The van der Waals surface area contributed by atoms with Gasteiger partial charge in [0.2, 0.25) is 5.88 Å². The molecular formula is C21H28N6O5S. The van der Waals surface area contributed by atoms with Gasteiger partial charge < -0.3 is 24.4 Å². The van der Waals surface area contributed by atoms with Crippen molar-refractivity contribution in [2.75, 3.05) is 37.6 Å². The van der Waals surface area contributed by atoms with Gasteiger partial charge in [-0.1, -0.05) is 17.8 Å². The lowest BCUT2D eigenvalue weighted by Crippen LogP contribution is -2.42. The van der Waals surface area contributed by atoms with Crippen LogP contribution in [0, 0.1) is 5.92 Å². The number of methoxy groups -OCH3 is 2. The first kappa shape index (κ1) is 23.0. The Labute approximate surface area is 195 Å². The Morgan fingerprint density at radius 1 is 1.21 bits per heavy atom. The smallest absolute Gasteiger partial charge is 0.321 e. The normalized spacial score (nSPS) is 19.5. The molecule has 11 nitrogen and oxygen atoms in total. The largest absolute Gasteiger partial charge is 0.481 e. The monoisotopic (exact) mass is 476 g/mol. The lowest BCUT2D eigenvalue weighted by molar-refractivity contribution is -0.148. The van der Waals surface area contributed by atoms with Crippen molar-refractivity contribution in [1.82, 2.24) is 20.3 Å². The van der Waals surface area contributed by atoms with Gasteiger partial charge in [-0.25, -0.2) is 9.78 Å². The highest BCUT2D eigenvalue weighted by Gasteiger charge is 2.35. The van der Waals surface area contributed by atoms with Crippen LogP contribution in [0.5, 0.6) is 11.9 Å². The van der Waals surface area contributed by atoms with Gasteiger partial charge in [0.1, 0.15) is 5.82 Å². The van der Waals surface area contributed by atoms with Gasteiger partial charge in [-0.05, 0) is 19.8 Å². The van der Waals surface area contributed by atoms with Crippen LogP contribution in [-0.4, -0.2) is 60.4 Å². The van der Waals surface area contributed by atoms with Crippen LogP contribution in [0.2, 0.25) is 0 Å². The molecule has 0 bridgehead atoms. The molecule has 12 heteroatoms. The van der Waals surface area contributed by atoms with Crippen LogP contribution in [0.25, 0.3) is 0 Å². The maximum atomic E-state index is 12.6. The van der Waals surface area contributed by atoms with Crippen LogP contribution in [0.3, 0.4) is 0 Å². The first-order chi connectivity index (χ1) is 16.0. The minimum absolute atomic E-state index is 0.225. The summed E-state index contributed by atoms with van der Waals surface area (Å²) in [5.41, 5.74) is 0.963. The number of carbonyl (C=O) groups excluding carboxylic acids is 2. The zero-order chi connectivity index (χ0) is 23.4. The molecule has 0 unspecified atom stereocenters. The van der Waals surface area contributed by atoms with Gasteiger partial charge in [-0.3, -0.25) is 10.1 Å². The number of hydrogen-bond donors (Lipinski definition) is 2. The van der Waals surface area contributed by atoms with Crippen LogP contribution < -0.4 is 25.0 Å². The predicted molar refractivity (Wildman–Crippen MR) is 122 cm³/mol. The standard InChI is InChI=1S/C21H28N6O5S/c1-4-32-18(28)12-6-5-7-13(12)22-19(29)26-21-23-14-8-9-27(11-15(14)33-21)16-10-17(30-2)25-20(24-16)31-3/h10,12-13H,4-9,11H2,1-3H3,(H2,22,23,26,29)/t12-,13+/m0/s1. The van der Waals surface area contributed by atoms with Crippen molar-refractivity contribution in [2.24, 2.45) is 5.92 Å². The molecule has 1 aliphatic heterocycles. The van der Waals surface area contributed by atoms with E-state index in [2.05, 4.69) is 30.5 Å². The third-order valence-electron chi connectivity index (χ3n) is 5.76. The Morgan fingerprint density at radius 3 is 2.82 bits per heavy atom. The van der Waals surface area contributed by atoms with Crippen LogP contribution in [0.4, 0.5) is 15.7 Å². The predicted octanol–water partition coefficient (Wildman–Crippen LogP) is 2.37. The summed E-state index contributed by atoms with van der Waals surface area (Å²) in [5.74, 6) is 0.592. The van der Waals surface area contributed by atoms with E-state index in [1.54, 1.807) is 20.1 Å². The topological polar surface area (TPSA) is 128 Å². The Hall–Kier alpha value is -3.15. The average molecular weight is 477 g/mol. The highest BCUT2D eigenvalue weighted by atomic mass is 32.1. The molecule has 2 N–H and O–H groups in total. The highest BCUT2D eigenvalue weighted by molar-refractivity contribution is 7.15. The summed E-state index contributed by atoms with van der Waals surface area (Å²) < 4.78 is 15.6. The summed E-state index contributed by atoms with van der Waals surface area (Å²) in [7, 11) is 3.06. The summed E-state index contributed by atoms with van der Waals surface area (Å²) in [4.78, 5) is 41.0. The van der Waals surface area contributed by atoms with E-state index in [0.717, 1.165) is 42.8 Å². The van der Waals surface area contributed by atoms with Crippen LogP contribution >= 0.6 is 11.3 Å². The van der Waals surface area contributed by atoms with Crippen LogP contribution in [-0.2, 0) is 22.5 Å². The van der Waals surface area contributed by atoms with Crippen LogP contribution in [0.1, 0.15) is 36.8 Å². The van der Waals surface area contributed by atoms with Crippen molar-refractivity contribution >= 4 is 34.3 Å². The molecule has 2 atom stereocenters. The van der Waals surface area contributed by atoms with Gasteiger partial charge in [0.05, 0.1) is 39.0 Å². The Balaban J connectivity index is 1.39. The van der Waals surface area contributed by atoms with Crippen molar-refractivity contribution < 1.29 is 23.8 Å². The summed E-state index contributed by atoms with van der Waals surface area (Å²) in [5, 5.41) is 6.28. The van der Waals surface area contributed by atoms with Gasteiger partial charge in [-0.2, -0.15) is 9.97 Å². The van der Waals surface area contributed by atoms with Crippen molar-refractivity contribution in [3.63, 3.8) is 0 Å². The fourth-order valence-electron chi connectivity index (χ4n) is 4.16. The summed E-state index contributed by atoms with van der Waals surface area (Å²) in [6.45, 7) is 3.44. The molecule has 2 amide bonds.